The molecule has 2 aliphatic rings. The fraction of sp³-hybridized carbons (Fsp3) is 0.441. The second-order valence-electron chi connectivity index (χ2n) is 10.9. The van der Waals surface area contributed by atoms with Crippen LogP contribution in [0.1, 0.15) is 48.1 Å². The molecule has 0 aromatic heterocycles. The minimum atomic E-state index is -0.501. The summed E-state index contributed by atoms with van der Waals surface area (Å²) in [4.78, 5) is 11.6. The Balaban J connectivity index is 1.31. The molecule has 0 bridgehead atoms. The molecule has 41 heavy (non-hydrogen) atoms. The topological polar surface area (TPSA) is 72.5 Å². The van der Waals surface area contributed by atoms with Crippen molar-refractivity contribution < 1.29 is 33.2 Å². The molecule has 1 atom stereocenters. The summed E-state index contributed by atoms with van der Waals surface area (Å²) in [5.74, 6) is 2.16. The van der Waals surface area contributed by atoms with Crippen molar-refractivity contribution in [3.63, 3.8) is 0 Å². The number of aryl methyl sites for hydroxylation is 1. The van der Waals surface area contributed by atoms with Crippen LogP contribution in [0.15, 0.2) is 48.5 Å². The largest absolute Gasteiger partial charge is 0.489 e. The van der Waals surface area contributed by atoms with Crippen LogP contribution in [0.25, 0.3) is 11.1 Å². The van der Waals surface area contributed by atoms with E-state index in [-0.39, 0.29) is 18.5 Å². The first kappa shape index (κ1) is 29.0. The van der Waals surface area contributed by atoms with Gasteiger partial charge < -0.3 is 28.4 Å². The molecule has 0 saturated heterocycles. The second-order valence-corrected chi connectivity index (χ2v) is 10.9. The number of ether oxygens (including phenoxy) is 6. The summed E-state index contributed by atoms with van der Waals surface area (Å²) in [5, 5.41) is 0. The summed E-state index contributed by atoms with van der Waals surface area (Å²) in [5.41, 5.74) is 7.63. The maximum absolute atomic E-state index is 11.6. The quantitative estimate of drug-likeness (QED) is 0.246. The maximum atomic E-state index is 11.6. The van der Waals surface area contributed by atoms with Gasteiger partial charge in [0.05, 0.1) is 26.7 Å². The van der Waals surface area contributed by atoms with Gasteiger partial charge in [-0.05, 0) is 79.3 Å². The summed E-state index contributed by atoms with van der Waals surface area (Å²) in [7, 11) is 1.39. The van der Waals surface area contributed by atoms with Gasteiger partial charge in [-0.1, -0.05) is 24.3 Å². The van der Waals surface area contributed by atoms with Crippen molar-refractivity contribution in [2.24, 2.45) is 0 Å². The van der Waals surface area contributed by atoms with E-state index in [1.165, 1.54) is 29.4 Å². The Morgan fingerprint density at radius 3 is 2.51 bits per heavy atom. The predicted molar refractivity (Wildman–Crippen MR) is 157 cm³/mol. The number of methoxy groups -OCH3 is 1. The van der Waals surface area contributed by atoms with E-state index < -0.39 is 5.60 Å². The molecule has 2 heterocycles. The summed E-state index contributed by atoms with van der Waals surface area (Å²) in [6.07, 6.45) is 1.49. The Labute approximate surface area is 242 Å². The van der Waals surface area contributed by atoms with Crippen molar-refractivity contribution in [3.8, 4) is 28.4 Å². The highest BCUT2D eigenvalue weighted by Gasteiger charge is 2.41. The molecule has 0 aliphatic carbocycles. The second kappa shape index (κ2) is 12.5. The third-order valence-corrected chi connectivity index (χ3v) is 7.85. The molecule has 0 amide bonds. The summed E-state index contributed by atoms with van der Waals surface area (Å²) < 4.78 is 35.1. The standard InChI is InChI=1S/C34H40O7/c1-6-37-20-34(21-38-7-2)18-29-23(4)33(22(3)13-31(29)41-34)26-10-8-9-24(14-26)19-39-27-12-11-25-15-28(17-32(35)36-5)40-30(25)16-27/h8-14,16,28H,6-7,15,17-21H2,1-5H3. The number of carbonyl (C=O) groups excluding carboxylic acids is 1. The fourth-order valence-corrected chi connectivity index (χ4v) is 5.85. The van der Waals surface area contributed by atoms with Gasteiger partial charge in [-0.3, -0.25) is 4.79 Å². The number of carbonyl (C=O) groups is 1. The lowest BCUT2D eigenvalue weighted by Crippen LogP contribution is -2.44. The van der Waals surface area contributed by atoms with E-state index in [2.05, 4.69) is 44.2 Å². The highest BCUT2D eigenvalue weighted by Crippen LogP contribution is 2.43. The van der Waals surface area contributed by atoms with Crippen LogP contribution in [0, 0.1) is 13.8 Å². The number of hydrogen-bond donors (Lipinski definition) is 0. The lowest BCUT2D eigenvalue weighted by molar-refractivity contribution is -0.142. The van der Waals surface area contributed by atoms with E-state index in [1.54, 1.807) is 0 Å². The van der Waals surface area contributed by atoms with E-state index in [0.717, 1.165) is 40.4 Å². The first-order chi connectivity index (χ1) is 19.8. The summed E-state index contributed by atoms with van der Waals surface area (Å²) in [6, 6.07) is 16.5. The van der Waals surface area contributed by atoms with Gasteiger partial charge in [0.25, 0.3) is 0 Å². The monoisotopic (exact) mass is 560 g/mol. The van der Waals surface area contributed by atoms with Crippen LogP contribution in [0.3, 0.4) is 0 Å². The number of hydrogen-bond acceptors (Lipinski definition) is 7. The molecule has 0 saturated carbocycles. The molecular formula is C34H40O7. The molecule has 0 spiro atoms. The van der Waals surface area contributed by atoms with Crippen LogP contribution in [-0.2, 0) is 38.5 Å². The lowest BCUT2D eigenvalue weighted by atomic mass is 9.88. The summed E-state index contributed by atoms with van der Waals surface area (Å²) in [6.45, 7) is 11.0. The third-order valence-electron chi connectivity index (χ3n) is 7.85. The SMILES string of the molecule is CCOCC1(COCC)Cc2c(cc(C)c(-c3cccc(COc4ccc5c(c4)OC(CC(=O)OC)C5)c3)c2C)O1. The van der Waals surface area contributed by atoms with Gasteiger partial charge in [-0.2, -0.15) is 0 Å². The molecule has 0 N–H and O–H groups in total. The Morgan fingerprint density at radius 2 is 1.78 bits per heavy atom. The van der Waals surface area contributed by atoms with Crippen LogP contribution in [0.2, 0.25) is 0 Å². The van der Waals surface area contributed by atoms with Gasteiger partial charge in [0.15, 0.2) is 5.60 Å². The van der Waals surface area contributed by atoms with Crippen LogP contribution in [0.5, 0.6) is 17.2 Å². The Hall–Kier alpha value is -3.55. The Morgan fingerprint density at radius 1 is 1.00 bits per heavy atom. The highest BCUT2D eigenvalue weighted by molar-refractivity contribution is 5.75. The number of esters is 1. The van der Waals surface area contributed by atoms with Gasteiger partial charge in [-0.15, -0.1) is 0 Å². The molecule has 0 radical (unpaired) electrons. The minimum Gasteiger partial charge on any atom is -0.489 e. The molecule has 7 heteroatoms. The minimum absolute atomic E-state index is 0.197. The molecule has 7 nitrogen and oxygen atoms in total. The lowest BCUT2D eigenvalue weighted by Gasteiger charge is -2.28. The maximum Gasteiger partial charge on any atom is 0.309 e. The molecule has 5 rings (SSSR count). The smallest absolute Gasteiger partial charge is 0.309 e. The van der Waals surface area contributed by atoms with Crippen LogP contribution in [-0.4, -0.2) is 51.2 Å². The van der Waals surface area contributed by atoms with Crippen molar-refractivity contribution in [2.45, 2.75) is 65.3 Å². The number of fused-ring (bicyclic) bond motifs is 2. The number of benzene rings is 3. The molecule has 3 aromatic rings. The summed E-state index contributed by atoms with van der Waals surface area (Å²) >= 11 is 0. The molecule has 1 unspecified atom stereocenters. The average Bonchev–Trinajstić information content (AvgIpc) is 3.54. The average molecular weight is 561 g/mol. The van der Waals surface area contributed by atoms with Gasteiger partial charge in [-0.25, -0.2) is 0 Å². The first-order valence-electron chi connectivity index (χ1n) is 14.4. The van der Waals surface area contributed by atoms with Gasteiger partial charge in [0.1, 0.15) is 30.0 Å². The predicted octanol–water partition coefficient (Wildman–Crippen LogP) is 6.16. The molecule has 2 aliphatic heterocycles. The fourth-order valence-electron chi connectivity index (χ4n) is 5.85. The molecule has 0 fully saturated rings. The zero-order valence-corrected chi connectivity index (χ0v) is 24.7. The van der Waals surface area contributed by atoms with E-state index in [1.807, 2.05) is 32.0 Å². The number of rotatable bonds is 12. The molecular weight excluding hydrogens is 520 g/mol. The van der Waals surface area contributed by atoms with Crippen LogP contribution in [0.4, 0.5) is 0 Å². The normalized spacial score (nSPS) is 16.5. The molecule has 218 valence electrons. The Bertz CT molecular complexity index is 1390. The highest BCUT2D eigenvalue weighted by atomic mass is 16.6. The van der Waals surface area contributed by atoms with Crippen LogP contribution >= 0.6 is 0 Å². The van der Waals surface area contributed by atoms with E-state index in [4.69, 9.17) is 28.4 Å². The van der Waals surface area contributed by atoms with Crippen molar-refractivity contribution in [1.82, 2.24) is 0 Å². The van der Waals surface area contributed by atoms with Crippen molar-refractivity contribution in [1.29, 1.82) is 0 Å². The zero-order valence-electron chi connectivity index (χ0n) is 24.7. The first-order valence-corrected chi connectivity index (χ1v) is 14.4. The van der Waals surface area contributed by atoms with Crippen LogP contribution < -0.4 is 14.2 Å². The van der Waals surface area contributed by atoms with Gasteiger partial charge >= 0.3 is 5.97 Å². The Kier molecular flexibility index (Phi) is 8.85. The van der Waals surface area contributed by atoms with E-state index >= 15 is 0 Å². The third kappa shape index (κ3) is 6.36. The van der Waals surface area contributed by atoms with Crippen molar-refractivity contribution >= 4 is 5.97 Å². The zero-order chi connectivity index (χ0) is 29.0. The molecule has 3 aromatic carbocycles. The van der Waals surface area contributed by atoms with Gasteiger partial charge in [0, 0.05) is 37.7 Å². The van der Waals surface area contributed by atoms with Crippen molar-refractivity contribution in [2.75, 3.05) is 33.5 Å². The van der Waals surface area contributed by atoms with E-state index in [9.17, 15) is 4.79 Å². The van der Waals surface area contributed by atoms with Crippen molar-refractivity contribution in [3.05, 3.63) is 76.3 Å². The van der Waals surface area contributed by atoms with Gasteiger partial charge in [0.2, 0.25) is 0 Å². The van der Waals surface area contributed by atoms with E-state index in [0.29, 0.717) is 39.5 Å².